The van der Waals surface area contributed by atoms with E-state index in [1.807, 2.05) is 5.32 Å². The van der Waals surface area contributed by atoms with Gasteiger partial charge in [-0.1, -0.05) is 0 Å². The molecule has 1 amide bonds. The van der Waals surface area contributed by atoms with Crippen LogP contribution in [-0.2, 0) is 20.7 Å². The minimum Gasteiger partial charge on any atom is -0.480 e. The van der Waals surface area contributed by atoms with E-state index in [2.05, 4.69) is 0 Å². The number of nitrogens with one attached hydrogen (secondary N) is 1. The van der Waals surface area contributed by atoms with Crippen LogP contribution < -0.4 is 5.32 Å². The minimum atomic E-state index is -2.23. The van der Waals surface area contributed by atoms with Crippen molar-refractivity contribution in [1.82, 2.24) is 5.32 Å². The number of hydrogen-bond acceptors (Lipinski definition) is 3. The molecule has 0 aliphatic carbocycles. The molecule has 6 nitrogen and oxygen atoms in total. The number of carbonyl (C=O) groups is 2. The van der Waals surface area contributed by atoms with Gasteiger partial charge in [0.05, 0.1) is 5.75 Å². The van der Waals surface area contributed by atoms with Crippen molar-refractivity contribution in [2.45, 2.75) is 13.0 Å². The number of carbonyl (C=O) groups excluding carboxylic acids is 1. The Morgan fingerprint density at radius 2 is 2.08 bits per heavy atom. The fourth-order valence-corrected chi connectivity index (χ4v) is 1.07. The predicted molar refractivity (Wildman–Crippen MR) is 40.9 cm³/mol. The summed E-state index contributed by atoms with van der Waals surface area (Å²) in [4.78, 5) is 20.7. The minimum absolute atomic E-state index is 0.505. The fourth-order valence-electron chi connectivity index (χ4n) is 0.563. The second-order valence-corrected chi connectivity index (χ2v) is 3.06. The van der Waals surface area contributed by atoms with E-state index in [1.54, 1.807) is 0 Å². The molecule has 0 aromatic rings. The first-order valence-corrected chi connectivity index (χ1v) is 4.28. The smallest absolute Gasteiger partial charge is 0.327 e. The van der Waals surface area contributed by atoms with Gasteiger partial charge in [0, 0.05) is 6.92 Å². The Morgan fingerprint density at radius 3 is 2.33 bits per heavy atom. The zero-order valence-corrected chi connectivity index (χ0v) is 7.13. The van der Waals surface area contributed by atoms with E-state index < -0.39 is 34.8 Å². The van der Waals surface area contributed by atoms with Gasteiger partial charge in [0.2, 0.25) is 5.91 Å². The second kappa shape index (κ2) is 4.83. The highest BCUT2D eigenvalue weighted by atomic mass is 32.2. The fraction of sp³-hybridized carbons (Fsp3) is 0.600. The van der Waals surface area contributed by atoms with Crippen LogP contribution in [0.3, 0.4) is 0 Å². The monoisotopic (exact) mass is 195 g/mol. The van der Waals surface area contributed by atoms with E-state index in [4.69, 9.17) is 9.66 Å². The summed E-state index contributed by atoms with van der Waals surface area (Å²) in [6, 6.07) is -1.30. The highest BCUT2D eigenvalue weighted by Crippen LogP contribution is 1.87. The van der Waals surface area contributed by atoms with Gasteiger partial charge in [-0.3, -0.25) is 4.79 Å². The van der Waals surface area contributed by atoms with Gasteiger partial charge < -0.3 is 15.0 Å². The van der Waals surface area contributed by atoms with Crippen LogP contribution in [0.15, 0.2) is 0 Å². The molecule has 7 heteroatoms. The van der Waals surface area contributed by atoms with Crippen LogP contribution in [0.4, 0.5) is 0 Å². The molecule has 12 heavy (non-hydrogen) atoms. The van der Waals surface area contributed by atoms with Crippen molar-refractivity contribution in [3.63, 3.8) is 0 Å². The average molecular weight is 195 g/mol. The van der Waals surface area contributed by atoms with Crippen molar-refractivity contribution >= 4 is 23.0 Å². The lowest BCUT2D eigenvalue weighted by molar-refractivity contribution is -0.140. The standard InChI is InChI=1S/C5H9NO5S/c1-3(7)6-4(5(8)9)2-12(10)11/h4H,2H2,1H3,(H,6,7)(H,8,9)(H,10,11)/t4-/m0/s1. The van der Waals surface area contributed by atoms with Crippen molar-refractivity contribution in [3.05, 3.63) is 0 Å². The highest BCUT2D eigenvalue weighted by Gasteiger charge is 2.20. The van der Waals surface area contributed by atoms with E-state index >= 15 is 0 Å². The van der Waals surface area contributed by atoms with Gasteiger partial charge in [-0.05, 0) is 0 Å². The third-order valence-electron chi connectivity index (χ3n) is 0.985. The van der Waals surface area contributed by atoms with E-state index in [0.29, 0.717) is 0 Å². The van der Waals surface area contributed by atoms with Gasteiger partial charge in [-0.15, -0.1) is 0 Å². The van der Waals surface area contributed by atoms with Crippen molar-refractivity contribution < 1.29 is 23.5 Å². The molecule has 0 saturated heterocycles. The Labute approximate surface area is 71.2 Å². The maximum Gasteiger partial charge on any atom is 0.327 e. The topological polar surface area (TPSA) is 104 Å². The molecule has 0 saturated carbocycles. The molecule has 0 aromatic heterocycles. The molecule has 2 atom stereocenters. The molecular formula is C5H9NO5S. The summed E-state index contributed by atoms with van der Waals surface area (Å²) >= 11 is -2.23. The molecule has 0 bridgehead atoms. The second-order valence-electron chi connectivity index (χ2n) is 2.08. The predicted octanol–water partition coefficient (Wildman–Crippen LogP) is -1.20. The molecule has 0 fully saturated rings. The first-order valence-electron chi connectivity index (χ1n) is 3.01. The third kappa shape index (κ3) is 4.80. The van der Waals surface area contributed by atoms with Gasteiger partial charge in [-0.25, -0.2) is 9.00 Å². The summed E-state index contributed by atoms with van der Waals surface area (Å²) in [5, 5.41) is 10.4. The number of amides is 1. The summed E-state index contributed by atoms with van der Waals surface area (Å²) in [5.41, 5.74) is 0. The summed E-state index contributed by atoms with van der Waals surface area (Å²) in [5.74, 6) is -2.38. The molecule has 0 aromatic carbocycles. The molecule has 0 aliphatic rings. The molecule has 0 aliphatic heterocycles. The highest BCUT2D eigenvalue weighted by molar-refractivity contribution is 7.79. The first kappa shape index (κ1) is 11.1. The van der Waals surface area contributed by atoms with Crippen LogP contribution in [-0.4, -0.2) is 37.5 Å². The Hall–Kier alpha value is -0.950. The van der Waals surface area contributed by atoms with E-state index in [-0.39, 0.29) is 0 Å². The lowest BCUT2D eigenvalue weighted by Crippen LogP contribution is -2.43. The van der Waals surface area contributed by atoms with Gasteiger partial charge in [-0.2, -0.15) is 0 Å². The third-order valence-corrected chi connectivity index (χ3v) is 1.60. The molecule has 70 valence electrons. The summed E-state index contributed by atoms with van der Waals surface area (Å²) < 4.78 is 18.5. The van der Waals surface area contributed by atoms with Gasteiger partial charge >= 0.3 is 5.97 Å². The van der Waals surface area contributed by atoms with Gasteiger partial charge in [0.1, 0.15) is 6.04 Å². The van der Waals surface area contributed by atoms with E-state index in [1.165, 1.54) is 0 Å². The number of carboxylic acid groups (broad SMARTS) is 1. The Bertz CT molecular complexity index is 200. The maximum absolute atomic E-state index is 10.4. The molecule has 0 rings (SSSR count). The Kier molecular flexibility index (Phi) is 4.45. The summed E-state index contributed by atoms with van der Waals surface area (Å²) in [6.45, 7) is 1.14. The van der Waals surface area contributed by atoms with Crippen molar-refractivity contribution in [2.75, 3.05) is 5.75 Å². The average Bonchev–Trinajstić information content (AvgIpc) is 1.83. The lowest BCUT2D eigenvalue weighted by atomic mass is 10.3. The lowest BCUT2D eigenvalue weighted by Gasteiger charge is -2.09. The molecular weight excluding hydrogens is 186 g/mol. The number of carboxylic acids is 1. The molecule has 0 spiro atoms. The molecule has 3 N–H and O–H groups in total. The Balaban J connectivity index is 4.14. The van der Waals surface area contributed by atoms with Crippen molar-refractivity contribution in [2.24, 2.45) is 0 Å². The number of hydrogen-bond donors (Lipinski definition) is 3. The summed E-state index contributed by atoms with van der Waals surface area (Å²) in [6.07, 6.45) is 0. The SMILES string of the molecule is CC(=O)N[C@@H](CS(=O)O)C(=O)O. The normalized spacial score (nSPS) is 14.8. The van der Waals surface area contributed by atoms with Crippen LogP contribution in [0.2, 0.25) is 0 Å². The van der Waals surface area contributed by atoms with E-state index in [9.17, 15) is 13.8 Å². The largest absolute Gasteiger partial charge is 0.480 e. The Morgan fingerprint density at radius 1 is 1.58 bits per heavy atom. The van der Waals surface area contributed by atoms with Gasteiger partial charge in [0.25, 0.3) is 0 Å². The quantitative estimate of drug-likeness (QED) is 0.489. The van der Waals surface area contributed by atoms with Crippen molar-refractivity contribution in [1.29, 1.82) is 0 Å². The van der Waals surface area contributed by atoms with E-state index in [0.717, 1.165) is 6.92 Å². The van der Waals surface area contributed by atoms with Crippen LogP contribution in [0.5, 0.6) is 0 Å². The molecule has 0 heterocycles. The first-order chi connectivity index (χ1) is 5.43. The zero-order chi connectivity index (χ0) is 9.72. The van der Waals surface area contributed by atoms with Gasteiger partial charge in [0.15, 0.2) is 11.1 Å². The summed E-state index contributed by atoms with van der Waals surface area (Å²) in [7, 11) is 0. The number of aliphatic carboxylic acids is 1. The number of rotatable bonds is 4. The van der Waals surface area contributed by atoms with Crippen LogP contribution in [0, 0.1) is 0 Å². The molecule has 1 unspecified atom stereocenters. The van der Waals surface area contributed by atoms with Crippen LogP contribution >= 0.6 is 0 Å². The zero-order valence-electron chi connectivity index (χ0n) is 6.31. The van der Waals surface area contributed by atoms with Crippen LogP contribution in [0.1, 0.15) is 6.92 Å². The van der Waals surface area contributed by atoms with Crippen LogP contribution in [0.25, 0.3) is 0 Å². The molecule has 0 radical (unpaired) electrons. The maximum atomic E-state index is 10.4. The van der Waals surface area contributed by atoms with Crippen molar-refractivity contribution in [3.8, 4) is 0 Å².